The van der Waals surface area contributed by atoms with Gasteiger partial charge in [0.05, 0.1) is 6.61 Å². The van der Waals surface area contributed by atoms with Crippen LogP contribution in [0, 0.1) is 11.8 Å². The highest BCUT2D eigenvalue weighted by Crippen LogP contribution is 2.18. The highest BCUT2D eigenvalue weighted by atomic mass is 16.5. The first-order valence-corrected chi connectivity index (χ1v) is 10.6. The van der Waals surface area contributed by atoms with E-state index in [1.54, 1.807) is 31.4 Å². The predicted octanol–water partition coefficient (Wildman–Crippen LogP) is 0.905. The summed E-state index contributed by atoms with van der Waals surface area (Å²) < 4.78 is 5.00. The molecule has 180 valence electrons. The van der Waals surface area contributed by atoms with Gasteiger partial charge in [-0.1, -0.05) is 24.0 Å². The van der Waals surface area contributed by atoms with Gasteiger partial charge >= 0.3 is 0 Å². The van der Waals surface area contributed by atoms with Gasteiger partial charge in [-0.15, -0.1) is 0 Å². The topological polar surface area (TPSA) is 120 Å². The molecule has 4 N–H and O–H groups in total. The third kappa shape index (κ3) is 6.42. The zero-order valence-electron chi connectivity index (χ0n) is 19.8. The minimum Gasteiger partial charge on any atom is -0.383 e. The molecule has 0 unspecified atom stereocenters. The van der Waals surface area contributed by atoms with E-state index in [-0.39, 0.29) is 5.56 Å². The number of methoxy groups -OCH3 is 1. The predicted molar refractivity (Wildman–Crippen MR) is 127 cm³/mol. The van der Waals surface area contributed by atoms with E-state index in [1.807, 2.05) is 24.3 Å². The van der Waals surface area contributed by atoms with Crippen LogP contribution < -0.4 is 16.1 Å². The molecule has 1 atom stereocenters. The minimum absolute atomic E-state index is 0.263. The molecule has 0 fully saturated rings. The van der Waals surface area contributed by atoms with E-state index in [0.29, 0.717) is 12.2 Å². The van der Waals surface area contributed by atoms with Gasteiger partial charge in [0, 0.05) is 51.0 Å². The maximum absolute atomic E-state index is 12.9. The van der Waals surface area contributed by atoms with Crippen LogP contribution >= 0.6 is 0 Å². The Labute approximate surface area is 199 Å². The molecule has 0 aliphatic carbocycles. The number of nitrogens with one attached hydrogen (secondary N) is 3. The van der Waals surface area contributed by atoms with Crippen LogP contribution in [0.3, 0.4) is 0 Å². The van der Waals surface area contributed by atoms with Crippen molar-refractivity contribution in [2.24, 2.45) is 0 Å². The van der Waals surface area contributed by atoms with Crippen molar-refractivity contribution < 1.29 is 24.3 Å². The Hall–Kier alpha value is -3.71. The van der Waals surface area contributed by atoms with E-state index >= 15 is 0 Å². The third-order valence-corrected chi connectivity index (χ3v) is 5.44. The molecule has 3 amide bonds. The molecule has 34 heavy (non-hydrogen) atoms. The van der Waals surface area contributed by atoms with Crippen LogP contribution in [0.25, 0.3) is 0 Å². The molecule has 0 radical (unpaired) electrons. The van der Waals surface area contributed by atoms with Crippen molar-refractivity contribution in [2.75, 3.05) is 34.4 Å². The first-order valence-electron chi connectivity index (χ1n) is 10.6. The summed E-state index contributed by atoms with van der Waals surface area (Å²) in [4.78, 5) is 38.3. The first-order chi connectivity index (χ1) is 16.3. The smallest absolute Gasteiger partial charge is 0.278 e. The van der Waals surface area contributed by atoms with Gasteiger partial charge in [-0.3, -0.25) is 19.6 Å². The normalized spacial score (nSPS) is 12.0. The zero-order valence-corrected chi connectivity index (χ0v) is 19.8. The van der Waals surface area contributed by atoms with E-state index < -0.39 is 23.3 Å². The van der Waals surface area contributed by atoms with E-state index in [1.165, 1.54) is 26.5 Å². The fourth-order valence-corrected chi connectivity index (χ4v) is 3.11. The number of rotatable bonds is 9. The van der Waals surface area contributed by atoms with Crippen LogP contribution in [-0.4, -0.2) is 67.7 Å². The van der Waals surface area contributed by atoms with Gasteiger partial charge in [-0.2, -0.15) is 0 Å². The van der Waals surface area contributed by atoms with E-state index in [0.717, 1.165) is 29.1 Å². The number of amides is 3. The highest BCUT2D eigenvalue weighted by Gasteiger charge is 2.47. The SMILES string of the molecule is CNC(=O)[C@@](C)(C(=O)NO)N(C)C(=O)c1ccc(C#Cc2ccc(CNCCOC)cc2)cc1. The lowest BCUT2D eigenvalue weighted by Crippen LogP contribution is -2.64. The first kappa shape index (κ1) is 26.5. The van der Waals surface area contributed by atoms with Crippen molar-refractivity contribution in [2.45, 2.75) is 19.0 Å². The largest absolute Gasteiger partial charge is 0.383 e. The molecule has 0 bridgehead atoms. The van der Waals surface area contributed by atoms with E-state index in [2.05, 4.69) is 22.5 Å². The summed E-state index contributed by atoms with van der Waals surface area (Å²) in [6, 6.07) is 14.4. The second-order valence-corrected chi connectivity index (χ2v) is 7.65. The van der Waals surface area contributed by atoms with Crippen molar-refractivity contribution in [1.29, 1.82) is 0 Å². The fourth-order valence-electron chi connectivity index (χ4n) is 3.11. The highest BCUT2D eigenvalue weighted by molar-refractivity contribution is 6.12. The Morgan fingerprint density at radius 3 is 2.06 bits per heavy atom. The number of hydrogen-bond acceptors (Lipinski definition) is 6. The zero-order chi connectivity index (χ0) is 25.1. The summed E-state index contributed by atoms with van der Waals surface area (Å²) in [5.41, 5.74) is 2.48. The standard InChI is InChI=1S/C25H30N4O5/c1-25(23(31)26-2,24(32)28-33)29(3)22(30)21-13-11-19(12-14-21)6-5-18-7-9-20(10-8-18)17-27-15-16-34-4/h7-14,27,33H,15-17H2,1-4H3,(H,26,31)(H,28,32)/t25-/m0/s1. The monoisotopic (exact) mass is 466 g/mol. The Morgan fingerprint density at radius 1 is 1.00 bits per heavy atom. The fraction of sp³-hybridized carbons (Fsp3) is 0.320. The molecule has 0 heterocycles. The summed E-state index contributed by atoms with van der Waals surface area (Å²) in [6.07, 6.45) is 0. The van der Waals surface area contributed by atoms with Crippen molar-refractivity contribution in [3.05, 3.63) is 70.8 Å². The molecule has 0 aliphatic rings. The van der Waals surface area contributed by atoms with Gasteiger partial charge in [-0.25, -0.2) is 5.48 Å². The molecule has 2 aromatic carbocycles. The molecule has 0 spiro atoms. The Balaban J connectivity index is 2.09. The summed E-state index contributed by atoms with van der Waals surface area (Å²) in [5, 5.41) is 14.7. The molecule has 9 nitrogen and oxygen atoms in total. The molecule has 0 aromatic heterocycles. The molecule has 9 heteroatoms. The lowest BCUT2D eigenvalue weighted by Gasteiger charge is -2.34. The second-order valence-electron chi connectivity index (χ2n) is 7.65. The van der Waals surface area contributed by atoms with Gasteiger partial charge in [0.2, 0.25) is 0 Å². The molecule has 2 rings (SSSR count). The van der Waals surface area contributed by atoms with Gasteiger partial charge in [0.25, 0.3) is 17.7 Å². The van der Waals surface area contributed by atoms with Crippen LogP contribution in [0.2, 0.25) is 0 Å². The van der Waals surface area contributed by atoms with Crippen molar-refractivity contribution in [1.82, 2.24) is 21.0 Å². The Morgan fingerprint density at radius 2 is 1.56 bits per heavy atom. The summed E-state index contributed by atoms with van der Waals surface area (Å²) in [6.45, 7) is 3.44. The van der Waals surface area contributed by atoms with E-state index in [9.17, 15) is 14.4 Å². The van der Waals surface area contributed by atoms with Crippen molar-refractivity contribution in [3.8, 4) is 11.8 Å². The van der Waals surface area contributed by atoms with E-state index in [4.69, 9.17) is 9.94 Å². The van der Waals surface area contributed by atoms with Gasteiger partial charge in [-0.05, 0) is 48.9 Å². The van der Waals surface area contributed by atoms with Gasteiger partial charge in [0.1, 0.15) is 0 Å². The number of benzene rings is 2. The summed E-state index contributed by atoms with van der Waals surface area (Å²) in [7, 11) is 4.32. The van der Waals surface area contributed by atoms with Crippen molar-refractivity contribution in [3.63, 3.8) is 0 Å². The number of hydroxylamine groups is 1. The number of carbonyl (C=O) groups is 3. The van der Waals surface area contributed by atoms with Crippen molar-refractivity contribution >= 4 is 17.7 Å². The number of hydrogen-bond donors (Lipinski definition) is 4. The molecule has 0 saturated heterocycles. The second kappa shape index (κ2) is 12.5. The van der Waals surface area contributed by atoms with Crippen LogP contribution in [0.15, 0.2) is 48.5 Å². The van der Waals surface area contributed by atoms with Crippen LogP contribution in [0.5, 0.6) is 0 Å². The Kier molecular flexibility index (Phi) is 9.76. The molecule has 0 saturated carbocycles. The van der Waals surface area contributed by atoms with Crippen LogP contribution in [0.4, 0.5) is 0 Å². The van der Waals surface area contributed by atoms with Gasteiger partial charge < -0.3 is 20.3 Å². The molecule has 2 aromatic rings. The van der Waals surface area contributed by atoms with Crippen LogP contribution in [-0.2, 0) is 20.9 Å². The number of ether oxygens (including phenoxy) is 1. The lowest BCUT2D eigenvalue weighted by molar-refractivity contribution is -0.148. The molecular weight excluding hydrogens is 436 g/mol. The third-order valence-electron chi connectivity index (χ3n) is 5.44. The average Bonchev–Trinajstić information content (AvgIpc) is 2.88. The van der Waals surface area contributed by atoms with Crippen LogP contribution in [0.1, 0.15) is 34.0 Å². The molecule has 0 aliphatic heterocycles. The summed E-state index contributed by atoms with van der Waals surface area (Å²) >= 11 is 0. The Bertz CT molecular complexity index is 1040. The average molecular weight is 467 g/mol. The number of carbonyl (C=O) groups excluding carboxylic acids is 3. The number of likely N-dealkylation sites (N-methyl/N-ethyl adjacent to an activating group) is 2. The quantitative estimate of drug-likeness (QED) is 0.143. The summed E-state index contributed by atoms with van der Waals surface area (Å²) in [5.74, 6) is 3.80. The number of nitrogens with zero attached hydrogens (tertiary/aromatic N) is 1. The van der Waals surface area contributed by atoms with Gasteiger partial charge in [0.15, 0.2) is 5.54 Å². The maximum atomic E-state index is 12.9. The molecular formula is C25H30N4O5. The minimum atomic E-state index is -1.94. The maximum Gasteiger partial charge on any atom is 0.278 e. The lowest BCUT2D eigenvalue weighted by atomic mass is 9.96.